The lowest BCUT2D eigenvalue weighted by atomic mass is 10.1. The number of aryl methyl sites for hydroxylation is 4. The Morgan fingerprint density at radius 1 is 0.473 bits per heavy atom. The molecule has 9 N–H and O–H groups in total. The number of aromatic nitrogens is 8. The number of benzene rings is 7. The second kappa shape index (κ2) is 32.9. The van der Waals surface area contributed by atoms with E-state index in [-0.39, 0.29) is 96.9 Å². The van der Waals surface area contributed by atoms with Crippen molar-refractivity contribution in [3.05, 3.63) is 245 Å². The molecule has 110 heavy (non-hydrogen) atoms. The molecular weight excluding hydrogens is 1520 g/mol. The topological polar surface area (TPSA) is 286 Å². The first-order chi connectivity index (χ1) is 52.1. The lowest BCUT2D eigenvalue weighted by Gasteiger charge is -2.23. The van der Waals surface area contributed by atoms with E-state index in [1.165, 1.54) is 36.4 Å². The summed E-state index contributed by atoms with van der Waals surface area (Å²) in [6.45, 7) is 6.92. The second-order valence-electron chi connectivity index (χ2n) is 27.2. The largest absolute Gasteiger partial charge is 0.444 e. The van der Waals surface area contributed by atoms with Crippen LogP contribution in [-0.4, -0.2) is 74.4 Å². The van der Waals surface area contributed by atoms with Crippen LogP contribution in [0, 0.1) is 23.4 Å². The van der Waals surface area contributed by atoms with Gasteiger partial charge in [0.2, 0.25) is 5.91 Å². The fraction of sp³-hybridized carbons (Fsp3) is 0.234. The molecule has 0 radical (unpaired) electrons. The zero-order valence-electron chi connectivity index (χ0n) is 60.4. The number of fused-ring (bicyclic) bond motifs is 8. The molecule has 1 fully saturated rings. The van der Waals surface area contributed by atoms with E-state index in [1.807, 2.05) is 50.2 Å². The van der Waals surface area contributed by atoms with Crippen LogP contribution in [0.1, 0.15) is 104 Å². The molecule has 0 atom stereocenters. The van der Waals surface area contributed by atoms with Gasteiger partial charge in [-0.15, -0.1) is 12.4 Å². The molecule has 0 saturated heterocycles. The van der Waals surface area contributed by atoms with Gasteiger partial charge < -0.3 is 62.4 Å². The Kier molecular flexibility index (Phi) is 23.4. The minimum absolute atomic E-state index is 0. The number of rotatable bonds is 9. The number of amides is 5. The predicted molar refractivity (Wildman–Crippen MR) is 423 cm³/mol. The van der Waals surface area contributed by atoms with Gasteiger partial charge in [-0.25, -0.2) is 18.0 Å². The highest BCUT2D eigenvalue weighted by molar-refractivity contribution is 6.32. The third kappa shape index (κ3) is 17.6. The zero-order valence-corrected chi connectivity index (χ0v) is 64.2. The van der Waals surface area contributed by atoms with Crippen molar-refractivity contribution in [1.82, 2.24) is 49.8 Å². The Morgan fingerprint density at radius 3 is 1.19 bits per heavy atom. The number of nitrogens with zero attached hydrogens (tertiary/aromatic N) is 11. The number of nitrogens with two attached hydrogens (primary N) is 1. The maximum atomic E-state index is 14.8. The minimum atomic E-state index is -0.657. The Hall–Kier alpha value is -11.3. The SMILES string of the molecule is Cl.Cn1ncc2c1Nc1cc(Cl)ccc1N(C(=O)c1ccc(CN)c(F)c1)C2.Cn1ncc2c1Nc1cc(Cl)ccc1N(C(=O)c1ccc(CNC(=O)C3CC3)c(F)c1)C2.Cn1ncc2c1Nc1cc(Cl)ccc1N(C(=O)c1ccc(CNC(=O)OC(C)(C)C)c(F)c1)C2.Cn1ncc2c1Nc1cc(Cl)ccc1NC2. The average Bonchev–Trinajstić information content (AvgIpc) is 1.63. The molecule has 25 nitrogen and oxygen atoms in total. The van der Waals surface area contributed by atoms with Crippen molar-refractivity contribution in [3.8, 4) is 0 Å². The van der Waals surface area contributed by atoms with Crippen LogP contribution < -0.4 is 57.7 Å². The number of carbonyl (C=O) groups excluding carboxylic acids is 5. The molecule has 7 aromatic carbocycles. The number of anilines is 12. The van der Waals surface area contributed by atoms with Gasteiger partial charge in [0.1, 0.15) is 46.3 Å². The van der Waals surface area contributed by atoms with Gasteiger partial charge in [0.25, 0.3) is 17.7 Å². The van der Waals surface area contributed by atoms with Crippen molar-refractivity contribution >= 4 is 157 Å². The van der Waals surface area contributed by atoms with Crippen LogP contribution >= 0.6 is 58.8 Å². The van der Waals surface area contributed by atoms with Crippen LogP contribution in [0.15, 0.2) is 152 Å². The first-order valence-corrected chi connectivity index (χ1v) is 35.9. The van der Waals surface area contributed by atoms with Crippen LogP contribution in [0.4, 0.5) is 86.7 Å². The second-order valence-corrected chi connectivity index (χ2v) is 29.0. The summed E-state index contributed by atoms with van der Waals surface area (Å²) >= 11 is 24.5. The summed E-state index contributed by atoms with van der Waals surface area (Å²) in [5.74, 6) is 0.621. The third-order valence-electron chi connectivity index (χ3n) is 18.3. The Labute approximate surface area is 656 Å². The first-order valence-electron chi connectivity index (χ1n) is 34.4. The highest BCUT2D eigenvalue weighted by Gasteiger charge is 2.33. The number of alkyl carbamates (subject to hydrolysis) is 1. The Bertz CT molecular complexity index is 5390. The van der Waals surface area contributed by atoms with Crippen molar-refractivity contribution in [2.45, 2.75) is 85.0 Å². The number of ether oxygens (including phenoxy) is 1. The van der Waals surface area contributed by atoms with Crippen LogP contribution in [0.2, 0.25) is 20.1 Å². The summed E-state index contributed by atoms with van der Waals surface area (Å²) in [4.78, 5) is 68.6. The van der Waals surface area contributed by atoms with E-state index >= 15 is 0 Å². The van der Waals surface area contributed by atoms with E-state index in [9.17, 15) is 37.1 Å². The summed E-state index contributed by atoms with van der Waals surface area (Å²) in [5.41, 5.74) is 16.0. The maximum Gasteiger partial charge on any atom is 0.407 e. The third-order valence-corrected chi connectivity index (χ3v) is 19.3. The normalized spacial score (nSPS) is 13.3. The summed E-state index contributed by atoms with van der Waals surface area (Å²) in [7, 11) is 7.34. The highest BCUT2D eigenvalue weighted by Crippen LogP contribution is 2.42. The van der Waals surface area contributed by atoms with Gasteiger partial charge in [-0.3, -0.25) is 37.9 Å². The number of carbonyl (C=O) groups is 5. The number of halogens is 8. The minimum Gasteiger partial charge on any atom is -0.444 e. The van der Waals surface area contributed by atoms with E-state index in [4.69, 9.17) is 56.9 Å². The molecule has 33 heteroatoms. The fourth-order valence-corrected chi connectivity index (χ4v) is 13.2. The van der Waals surface area contributed by atoms with Crippen LogP contribution in [0.3, 0.4) is 0 Å². The highest BCUT2D eigenvalue weighted by atomic mass is 35.5. The molecular formula is C77H75Cl5F3N19O6. The molecule has 11 aromatic rings. The van der Waals surface area contributed by atoms with Crippen molar-refractivity contribution in [1.29, 1.82) is 0 Å². The van der Waals surface area contributed by atoms with Crippen molar-refractivity contribution < 1.29 is 41.9 Å². The molecule has 16 rings (SSSR count). The lowest BCUT2D eigenvalue weighted by molar-refractivity contribution is -0.122. The molecule has 4 aliphatic heterocycles. The average molecular weight is 1600 g/mol. The van der Waals surface area contributed by atoms with E-state index in [0.29, 0.717) is 66.9 Å². The molecule has 4 aromatic heterocycles. The van der Waals surface area contributed by atoms with Crippen LogP contribution in [0.25, 0.3) is 0 Å². The summed E-state index contributed by atoms with van der Waals surface area (Å²) in [5, 5.41) is 41.1. The molecule has 1 aliphatic carbocycles. The molecule has 1 saturated carbocycles. The Balaban J connectivity index is 0.000000140. The first kappa shape index (κ1) is 78.3. The maximum absolute atomic E-state index is 14.8. The van der Waals surface area contributed by atoms with E-state index < -0.39 is 29.1 Å². The molecule has 5 aliphatic rings. The molecule has 8 heterocycles. The van der Waals surface area contributed by atoms with Gasteiger partial charge in [-0.1, -0.05) is 64.6 Å². The summed E-state index contributed by atoms with van der Waals surface area (Å²) in [6, 6.07) is 34.3. The molecule has 0 unspecified atom stereocenters. The fourth-order valence-electron chi connectivity index (χ4n) is 12.5. The molecule has 0 bridgehead atoms. The van der Waals surface area contributed by atoms with Gasteiger partial charge in [0.15, 0.2) is 0 Å². The van der Waals surface area contributed by atoms with Gasteiger partial charge in [0, 0.05) is 136 Å². The van der Waals surface area contributed by atoms with Gasteiger partial charge in [0.05, 0.1) is 89.9 Å². The zero-order chi connectivity index (χ0) is 77.3. The Morgan fingerprint density at radius 2 is 0.818 bits per heavy atom. The van der Waals surface area contributed by atoms with Crippen molar-refractivity contribution in [2.75, 3.05) is 41.3 Å². The predicted octanol–water partition coefficient (Wildman–Crippen LogP) is 16.0. The monoisotopic (exact) mass is 1590 g/mol. The smallest absolute Gasteiger partial charge is 0.407 e. The molecule has 0 spiro atoms. The molecule has 570 valence electrons. The van der Waals surface area contributed by atoms with E-state index in [0.717, 1.165) is 81.3 Å². The standard InChI is InChI=1S/C24H25ClFN5O3.C23H21ClFN5O2.C19H17ClFN5O.C11H11ClN4.ClH/c1-24(2,3)34-23(33)27-11-15-6-5-14(9-18(15)26)22(32)31-13-16-12-28-30(4)21(16)29-19-10-17(25)7-8-20(19)31;1-29-21-16(11-27-29)12-30(20-7-6-17(24)9-19(20)28-21)23(32)14-4-5-15(18(25)8-14)10-26-22(31)13-2-3-13;1-25-18-13(9-23-25)10-26(17-5-4-14(20)7-16(17)24-18)19(27)11-2-3-12(8-22)15(21)6-11;1-16-11-7(6-14-16)5-13-9-3-2-8(12)4-10(9)15-11;/h5-10,12,29H,11,13H2,1-4H3,(H,27,33);4-9,11,13,28H,2-3,10,12H2,1H3,(H,26,31);2-7,9,24H,8,10,22H2,1H3;2-4,6,13,15H,5H2,1H3;1H. The summed E-state index contributed by atoms with van der Waals surface area (Å²) in [6.07, 6.45) is 8.07. The number of nitrogens with one attached hydrogen (secondary N) is 7. The van der Waals surface area contributed by atoms with E-state index in [1.54, 1.807) is 148 Å². The van der Waals surface area contributed by atoms with Crippen molar-refractivity contribution in [2.24, 2.45) is 39.8 Å². The number of hydrogen-bond donors (Lipinski definition) is 8. The number of hydrogen-bond acceptors (Lipinski definition) is 16. The van der Waals surface area contributed by atoms with Gasteiger partial charge in [-0.2, -0.15) is 20.4 Å². The molecule has 5 amide bonds. The lowest BCUT2D eigenvalue weighted by Crippen LogP contribution is -2.32. The van der Waals surface area contributed by atoms with Crippen LogP contribution in [0.5, 0.6) is 0 Å². The van der Waals surface area contributed by atoms with Crippen LogP contribution in [-0.2, 0) is 83.5 Å². The quantitative estimate of drug-likeness (QED) is 0.0666. The van der Waals surface area contributed by atoms with E-state index in [2.05, 4.69) is 57.6 Å². The summed E-state index contributed by atoms with van der Waals surface area (Å²) < 4.78 is 55.8. The van der Waals surface area contributed by atoms with Gasteiger partial charge in [-0.05, 0) is 143 Å². The van der Waals surface area contributed by atoms with Crippen molar-refractivity contribution in [3.63, 3.8) is 0 Å². The van der Waals surface area contributed by atoms with Gasteiger partial charge >= 0.3 is 6.09 Å².